The third kappa shape index (κ3) is 1.89. The van der Waals surface area contributed by atoms with Crippen LogP contribution in [0.4, 0.5) is 5.69 Å². The lowest BCUT2D eigenvalue weighted by Gasteiger charge is -2.64. The van der Waals surface area contributed by atoms with E-state index < -0.39 is 0 Å². The zero-order valence-corrected chi connectivity index (χ0v) is 15.5. The molecule has 5 heteroatoms. The van der Waals surface area contributed by atoms with E-state index in [9.17, 15) is 9.59 Å². The molecule has 3 saturated carbocycles. The fourth-order valence-electron chi connectivity index (χ4n) is 4.51. The van der Waals surface area contributed by atoms with Gasteiger partial charge < -0.3 is 10.1 Å². The van der Waals surface area contributed by atoms with E-state index >= 15 is 0 Å². The van der Waals surface area contributed by atoms with Crippen molar-refractivity contribution in [3.63, 3.8) is 0 Å². The molecule has 1 aromatic carbocycles. The van der Waals surface area contributed by atoms with Crippen molar-refractivity contribution in [2.45, 2.75) is 38.4 Å². The van der Waals surface area contributed by atoms with E-state index in [4.69, 9.17) is 0 Å². The predicted molar refractivity (Wildman–Crippen MR) is 92.7 cm³/mol. The van der Waals surface area contributed by atoms with Crippen molar-refractivity contribution >= 4 is 33.5 Å². The predicted octanol–water partition coefficient (Wildman–Crippen LogP) is 4.00. The van der Waals surface area contributed by atoms with Crippen LogP contribution in [-0.4, -0.2) is 23.8 Å². The quantitative estimate of drug-likeness (QED) is 0.637. The zero-order valence-electron chi connectivity index (χ0n) is 13.9. The molecule has 3 unspecified atom stereocenters. The van der Waals surface area contributed by atoms with Gasteiger partial charge in [-0.1, -0.05) is 36.7 Å². The lowest BCUT2D eigenvalue weighted by Crippen LogP contribution is -2.68. The van der Waals surface area contributed by atoms with Crippen LogP contribution in [0.2, 0.25) is 0 Å². The number of alkyl halides is 1. The second-order valence-electron chi connectivity index (χ2n) is 7.40. The number of anilines is 1. The van der Waals surface area contributed by atoms with Crippen LogP contribution in [-0.2, 0) is 9.53 Å². The van der Waals surface area contributed by atoms with Gasteiger partial charge in [-0.05, 0) is 47.9 Å². The molecule has 0 spiro atoms. The highest BCUT2D eigenvalue weighted by Crippen LogP contribution is 2.79. The second-order valence-corrected chi connectivity index (χ2v) is 8.32. The highest BCUT2D eigenvalue weighted by Gasteiger charge is 2.80. The number of nitrogens with one attached hydrogen (secondary N) is 1. The summed E-state index contributed by atoms with van der Waals surface area (Å²) in [4.78, 5) is 24.6. The molecule has 0 aliphatic heterocycles. The third-order valence-corrected chi connectivity index (χ3v) is 8.33. The number of hydrogen-bond donors (Lipinski definition) is 1. The van der Waals surface area contributed by atoms with Crippen molar-refractivity contribution in [2.75, 3.05) is 12.4 Å². The summed E-state index contributed by atoms with van der Waals surface area (Å²) in [5.74, 6) is -0.321. The monoisotopic (exact) mass is 379 g/mol. The van der Waals surface area contributed by atoms with Crippen LogP contribution in [0.15, 0.2) is 24.3 Å². The van der Waals surface area contributed by atoms with Crippen LogP contribution in [0.25, 0.3) is 0 Å². The number of fused-ring (bicyclic) bond motifs is 1. The first-order chi connectivity index (χ1) is 10.7. The van der Waals surface area contributed by atoms with Crippen LogP contribution in [0.5, 0.6) is 0 Å². The molecule has 0 saturated heterocycles. The van der Waals surface area contributed by atoms with E-state index in [1.54, 1.807) is 24.3 Å². The summed E-state index contributed by atoms with van der Waals surface area (Å²) in [5.41, 5.74) is 0.930. The Morgan fingerprint density at radius 1 is 1.17 bits per heavy atom. The van der Waals surface area contributed by atoms with Crippen molar-refractivity contribution in [3.05, 3.63) is 29.8 Å². The van der Waals surface area contributed by atoms with Gasteiger partial charge in [0, 0.05) is 10.5 Å². The third-order valence-electron chi connectivity index (χ3n) is 6.54. The van der Waals surface area contributed by atoms with Gasteiger partial charge >= 0.3 is 5.97 Å². The van der Waals surface area contributed by atoms with Crippen LogP contribution in [0.1, 0.15) is 44.0 Å². The summed E-state index contributed by atoms with van der Waals surface area (Å²) < 4.78 is 4.68. The van der Waals surface area contributed by atoms with E-state index in [1.807, 2.05) is 0 Å². The summed E-state index contributed by atoms with van der Waals surface area (Å²) in [6.45, 7) is 6.64. The van der Waals surface area contributed by atoms with E-state index in [-0.39, 0.29) is 32.9 Å². The van der Waals surface area contributed by atoms with Gasteiger partial charge in [-0.25, -0.2) is 4.79 Å². The van der Waals surface area contributed by atoms with Gasteiger partial charge in [-0.2, -0.15) is 0 Å². The molecule has 3 aliphatic rings. The number of carbonyl (C=O) groups is 2. The number of amides is 1. The Hall–Kier alpha value is -1.36. The minimum absolute atomic E-state index is 0.0375. The standard InChI is InChI=1S/C18H22BrNO3/c1-16(2)17(3)9-10-18(16,14(17)19)15(22)20-12-7-5-11(6-8-12)13(21)23-4/h5-8,14H,9-10H2,1-4H3,(H,20,22). The maximum Gasteiger partial charge on any atom is 0.337 e. The minimum Gasteiger partial charge on any atom is -0.465 e. The summed E-state index contributed by atoms with van der Waals surface area (Å²) in [6, 6.07) is 6.80. The highest BCUT2D eigenvalue weighted by atomic mass is 79.9. The molecule has 3 aliphatic carbocycles. The Morgan fingerprint density at radius 2 is 1.78 bits per heavy atom. The number of methoxy groups -OCH3 is 1. The average Bonchev–Trinajstić information content (AvgIpc) is 2.94. The fraction of sp³-hybridized carbons (Fsp3) is 0.556. The number of rotatable bonds is 3. The molecule has 4 nitrogen and oxygen atoms in total. The molecule has 1 amide bonds. The van der Waals surface area contributed by atoms with E-state index in [0.29, 0.717) is 11.3 Å². The molecule has 23 heavy (non-hydrogen) atoms. The van der Waals surface area contributed by atoms with E-state index in [2.05, 4.69) is 46.8 Å². The summed E-state index contributed by atoms with van der Waals surface area (Å²) in [7, 11) is 1.35. The Balaban J connectivity index is 1.79. The number of halogens is 1. The first-order valence-corrected chi connectivity index (χ1v) is 8.76. The Morgan fingerprint density at radius 3 is 2.22 bits per heavy atom. The number of hydrogen-bond acceptors (Lipinski definition) is 3. The van der Waals surface area contributed by atoms with E-state index in [1.165, 1.54) is 7.11 Å². The first kappa shape index (κ1) is 16.5. The Labute approximate surface area is 145 Å². The largest absolute Gasteiger partial charge is 0.465 e. The van der Waals surface area contributed by atoms with Crippen LogP contribution in [0.3, 0.4) is 0 Å². The smallest absolute Gasteiger partial charge is 0.337 e. The normalized spacial score (nSPS) is 33.7. The van der Waals surface area contributed by atoms with Gasteiger partial charge in [0.1, 0.15) is 0 Å². The number of benzene rings is 1. The lowest BCUT2D eigenvalue weighted by molar-refractivity contribution is -0.155. The zero-order chi connectivity index (χ0) is 17.0. The SMILES string of the molecule is COC(=O)c1ccc(NC(=O)C23CCC(C)(C2Br)C3(C)C)cc1. The number of ether oxygens (including phenoxy) is 1. The number of esters is 1. The van der Waals surface area contributed by atoms with Crippen LogP contribution >= 0.6 is 15.9 Å². The summed E-state index contributed by atoms with van der Waals surface area (Å²) in [5, 5.41) is 3.03. The van der Waals surface area contributed by atoms with Crippen molar-refractivity contribution < 1.29 is 14.3 Å². The summed E-state index contributed by atoms with van der Waals surface area (Å²) >= 11 is 3.77. The van der Waals surface area contributed by atoms with Gasteiger partial charge in [0.15, 0.2) is 0 Å². The molecule has 0 aromatic heterocycles. The highest BCUT2D eigenvalue weighted by molar-refractivity contribution is 9.09. The average molecular weight is 380 g/mol. The fourth-order valence-corrected chi connectivity index (χ4v) is 6.32. The topological polar surface area (TPSA) is 55.4 Å². The molecule has 0 heterocycles. The molecular formula is C18H22BrNO3. The number of carbonyl (C=O) groups excluding carboxylic acids is 2. The molecule has 1 N–H and O–H groups in total. The van der Waals surface area contributed by atoms with Gasteiger partial charge in [0.2, 0.25) is 5.91 Å². The molecule has 3 atom stereocenters. The molecule has 124 valence electrons. The van der Waals surface area contributed by atoms with Crippen molar-refractivity contribution in [1.82, 2.24) is 0 Å². The van der Waals surface area contributed by atoms with Crippen molar-refractivity contribution in [1.29, 1.82) is 0 Å². The van der Waals surface area contributed by atoms with Gasteiger partial charge in [0.05, 0.1) is 18.1 Å². The van der Waals surface area contributed by atoms with Gasteiger partial charge in [-0.3, -0.25) is 4.79 Å². The first-order valence-electron chi connectivity index (χ1n) is 7.84. The van der Waals surface area contributed by atoms with E-state index in [0.717, 1.165) is 12.8 Å². The van der Waals surface area contributed by atoms with Crippen molar-refractivity contribution in [3.8, 4) is 0 Å². The Bertz CT molecular complexity index is 669. The molecule has 1 aromatic rings. The molecule has 0 radical (unpaired) electrons. The van der Waals surface area contributed by atoms with Gasteiger partial charge in [-0.15, -0.1) is 0 Å². The summed E-state index contributed by atoms with van der Waals surface area (Å²) in [6.07, 6.45) is 1.96. The van der Waals surface area contributed by atoms with Gasteiger partial charge in [0.25, 0.3) is 0 Å². The molecule has 2 bridgehead atoms. The molecule has 3 fully saturated rings. The maximum absolute atomic E-state index is 13.0. The molecule has 4 rings (SSSR count). The minimum atomic E-state index is -0.381. The maximum atomic E-state index is 13.0. The van der Waals surface area contributed by atoms with Crippen LogP contribution in [0, 0.1) is 16.2 Å². The second kappa shape index (κ2) is 5.07. The Kier molecular flexibility index (Phi) is 3.63. The lowest BCUT2D eigenvalue weighted by atomic mass is 9.43. The van der Waals surface area contributed by atoms with Crippen LogP contribution < -0.4 is 5.32 Å². The molecular weight excluding hydrogens is 358 g/mol. The van der Waals surface area contributed by atoms with Crippen molar-refractivity contribution in [2.24, 2.45) is 16.2 Å².